The molecule has 134 valence electrons. The summed E-state index contributed by atoms with van der Waals surface area (Å²) >= 11 is 1.50. The molecule has 0 aliphatic heterocycles. The van der Waals surface area contributed by atoms with Gasteiger partial charge in [-0.15, -0.1) is 0 Å². The summed E-state index contributed by atoms with van der Waals surface area (Å²) in [5, 5.41) is 2.86. The maximum Gasteiger partial charge on any atom is 0.242 e. The summed E-state index contributed by atoms with van der Waals surface area (Å²) in [4.78, 5) is 18.0. The molecule has 3 N–H and O–H groups in total. The molecule has 1 aliphatic carbocycles. The van der Waals surface area contributed by atoms with Crippen molar-refractivity contribution in [2.45, 2.75) is 52.5 Å². The Kier molecular flexibility index (Phi) is 5.49. The molecule has 1 atom stereocenters. The fourth-order valence-electron chi connectivity index (χ4n) is 3.58. The maximum absolute atomic E-state index is 12.4. The third-order valence-electron chi connectivity index (χ3n) is 5.21. The standard InChI is InChI=1S/C19H26N4OS/c1-11-4-6-14(7-5-11)18(20)19(24)22-16-9-8-15(10-21-16)17-12(2)23-25-13(17)3/h8-11,14,18H,4-7,20H2,1-3H3,(H,21,22,24)/t11?,14?,18-/m0/s1. The third kappa shape index (κ3) is 4.07. The van der Waals surface area contributed by atoms with E-state index in [2.05, 4.69) is 28.5 Å². The van der Waals surface area contributed by atoms with Gasteiger partial charge in [0, 0.05) is 22.2 Å². The number of carbonyl (C=O) groups is 1. The van der Waals surface area contributed by atoms with Crippen molar-refractivity contribution in [2.24, 2.45) is 17.6 Å². The lowest BCUT2D eigenvalue weighted by Gasteiger charge is -2.29. The monoisotopic (exact) mass is 358 g/mol. The molecule has 0 bridgehead atoms. The van der Waals surface area contributed by atoms with Gasteiger partial charge in [-0.25, -0.2) is 4.98 Å². The van der Waals surface area contributed by atoms with Crippen molar-refractivity contribution >= 4 is 23.3 Å². The fraction of sp³-hybridized carbons (Fsp3) is 0.526. The van der Waals surface area contributed by atoms with Crippen LogP contribution in [0.2, 0.25) is 0 Å². The second-order valence-electron chi connectivity index (χ2n) is 7.17. The number of nitrogens with two attached hydrogens (primary N) is 1. The fourth-order valence-corrected chi connectivity index (χ4v) is 4.30. The van der Waals surface area contributed by atoms with Crippen molar-refractivity contribution in [2.75, 3.05) is 5.32 Å². The number of hydrogen-bond acceptors (Lipinski definition) is 5. The van der Waals surface area contributed by atoms with Crippen LogP contribution < -0.4 is 11.1 Å². The van der Waals surface area contributed by atoms with E-state index < -0.39 is 6.04 Å². The van der Waals surface area contributed by atoms with Crippen LogP contribution in [0, 0.1) is 25.7 Å². The maximum atomic E-state index is 12.4. The minimum Gasteiger partial charge on any atom is -0.320 e. The first-order valence-electron chi connectivity index (χ1n) is 8.91. The molecule has 2 aromatic rings. The Balaban J connectivity index is 1.64. The lowest BCUT2D eigenvalue weighted by atomic mass is 9.79. The molecule has 0 aromatic carbocycles. The highest BCUT2D eigenvalue weighted by atomic mass is 32.1. The van der Waals surface area contributed by atoms with Gasteiger partial charge in [0.15, 0.2) is 0 Å². The highest BCUT2D eigenvalue weighted by Crippen LogP contribution is 2.31. The summed E-state index contributed by atoms with van der Waals surface area (Å²) in [5.41, 5.74) is 9.34. The van der Waals surface area contributed by atoms with E-state index >= 15 is 0 Å². The summed E-state index contributed by atoms with van der Waals surface area (Å²) in [6.45, 7) is 6.32. The van der Waals surface area contributed by atoms with Crippen LogP contribution in [0.15, 0.2) is 18.3 Å². The van der Waals surface area contributed by atoms with Crippen LogP contribution in [0.4, 0.5) is 5.82 Å². The van der Waals surface area contributed by atoms with E-state index in [-0.39, 0.29) is 11.8 Å². The van der Waals surface area contributed by atoms with Crippen molar-refractivity contribution in [3.63, 3.8) is 0 Å². The molecule has 5 nitrogen and oxygen atoms in total. The first kappa shape index (κ1) is 18.0. The number of nitrogens with one attached hydrogen (secondary N) is 1. The summed E-state index contributed by atoms with van der Waals surface area (Å²) in [5.74, 6) is 1.44. The minimum atomic E-state index is -0.459. The van der Waals surface area contributed by atoms with E-state index in [0.717, 1.165) is 48.4 Å². The van der Waals surface area contributed by atoms with E-state index in [9.17, 15) is 4.79 Å². The number of aryl methyl sites for hydroxylation is 2. The predicted molar refractivity (Wildman–Crippen MR) is 103 cm³/mol. The lowest BCUT2D eigenvalue weighted by Crippen LogP contribution is -2.43. The molecule has 3 rings (SSSR count). The Morgan fingerprint density at radius 1 is 1.28 bits per heavy atom. The number of amides is 1. The van der Waals surface area contributed by atoms with E-state index in [1.54, 1.807) is 6.20 Å². The molecule has 2 aromatic heterocycles. The van der Waals surface area contributed by atoms with E-state index in [1.807, 2.05) is 19.1 Å². The molecular weight excluding hydrogens is 332 g/mol. The number of aromatic nitrogens is 2. The van der Waals surface area contributed by atoms with E-state index in [1.165, 1.54) is 16.4 Å². The van der Waals surface area contributed by atoms with Crippen molar-refractivity contribution in [1.82, 2.24) is 9.36 Å². The first-order chi connectivity index (χ1) is 12.0. The zero-order valence-corrected chi connectivity index (χ0v) is 15.9. The minimum absolute atomic E-state index is 0.135. The number of pyridine rings is 1. The highest BCUT2D eigenvalue weighted by molar-refractivity contribution is 7.06. The molecular formula is C19H26N4OS. The molecule has 0 saturated heterocycles. The molecule has 0 radical (unpaired) electrons. The average Bonchev–Trinajstić information content (AvgIpc) is 2.94. The van der Waals surface area contributed by atoms with Crippen LogP contribution >= 0.6 is 11.5 Å². The van der Waals surface area contributed by atoms with Crippen molar-refractivity contribution in [1.29, 1.82) is 0 Å². The SMILES string of the molecule is Cc1nsc(C)c1-c1ccc(NC(=O)[C@@H](N)C2CCC(C)CC2)nc1. The van der Waals surface area contributed by atoms with Gasteiger partial charge in [0.05, 0.1) is 11.7 Å². The summed E-state index contributed by atoms with van der Waals surface area (Å²) in [6, 6.07) is 3.35. The second kappa shape index (κ2) is 7.62. The smallest absolute Gasteiger partial charge is 0.242 e. The highest BCUT2D eigenvalue weighted by Gasteiger charge is 2.28. The van der Waals surface area contributed by atoms with Gasteiger partial charge in [-0.1, -0.05) is 19.8 Å². The van der Waals surface area contributed by atoms with Gasteiger partial charge in [0.1, 0.15) is 5.82 Å². The van der Waals surface area contributed by atoms with Gasteiger partial charge < -0.3 is 11.1 Å². The van der Waals surface area contributed by atoms with Crippen molar-refractivity contribution in [3.8, 4) is 11.1 Å². The first-order valence-corrected chi connectivity index (χ1v) is 9.68. The van der Waals surface area contributed by atoms with Gasteiger partial charge >= 0.3 is 0 Å². The predicted octanol–water partition coefficient (Wildman–Crippen LogP) is 3.91. The molecule has 0 unspecified atom stereocenters. The van der Waals surface area contributed by atoms with Gasteiger partial charge in [-0.3, -0.25) is 4.79 Å². The number of rotatable bonds is 4. The quantitative estimate of drug-likeness (QED) is 0.868. The van der Waals surface area contributed by atoms with Crippen molar-refractivity contribution in [3.05, 3.63) is 28.9 Å². The molecule has 0 spiro atoms. The Hall–Kier alpha value is -1.79. The summed E-state index contributed by atoms with van der Waals surface area (Å²) in [7, 11) is 0. The molecule has 25 heavy (non-hydrogen) atoms. The Labute approximate surface area is 153 Å². The third-order valence-corrected chi connectivity index (χ3v) is 6.05. The van der Waals surface area contributed by atoms with Crippen molar-refractivity contribution < 1.29 is 4.79 Å². The van der Waals surface area contributed by atoms with E-state index in [4.69, 9.17) is 5.73 Å². The molecule has 1 saturated carbocycles. The van der Waals surface area contributed by atoms with Crippen LogP contribution in [0.1, 0.15) is 43.2 Å². The van der Waals surface area contributed by atoms with Gasteiger partial charge in [0.25, 0.3) is 0 Å². The second-order valence-corrected chi connectivity index (χ2v) is 8.14. The largest absolute Gasteiger partial charge is 0.320 e. The summed E-state index contributed by atoms with van der Waals surface area (Å²) in [6.07, 6.45) is 6.17. The van der Waals surface area contributed by atoms with Gasteiger partial charge in [-0.05, 0) is 62.2 Å². The molecule has 2 heterocycles. The molecule has 1 aliphatic rings. The van der Waals surface area contributed by atoms with Crippen LogP contribution in [0.3, 0.4) is 0 Å². The van der Waals surface area contributed by atoms with Gasteiger partial charge in [-0.2, -0.15) is 4.37 Å². The average molecular weight is 359 g/mol. The van der Waals surface area contributed by atoms with E-state index in [0.29, 0.717) is 5.82 Å². The zero-order valence-electron chi connectivity index (χ0n) is 15.1. The number of nitrogens with zero attached hydrogens (tertiary/aromatic N) is 2. The molecule has 6 heteroatoms. The number of carbonyl (C=O) groups excluding carboxylic acids is 1. The van der Waals surface area contributed by atoms with Gasteiger partial charge in [0.2, 0.25) is 5.91 Å². The van der Waals surface area contributed by atoms with Crippen LogP contribution in [0.5, 0.6) is 0 Å². The zero-order chi connectivity index (χ0) is 18.0. The van der Waals surface area contributed by atoms with Crippen LogP contribution in [-0.2, 0) is 4.79 Å². The molecule has 1 fully saturated rings. The topological polar surface area (TPSA) is 80.9 Å². The Morgan fingerprint density at radius 2 is 2.00 bits per heavy atom. The number of hydrogen-bond donors (Lipinski definition) is 2. The summed E-state index contributed by atoms with van der Waals surface area (Å²) < 4.78 is 4.37. The lowest BCUT2D eigenvalue weighted by molar-refractivity contribution is -0.118. The molecule has 1 amide bonds. The Bertz CT molecular complexity index is 713. The van der Waals surface area contributed by atoms with Crippen LogP contribution in [0.25, 0.3) is 11.1 Å². The van der Waals surface area contributed by atoms with Crippen LogP contribution in [-0.4, -0.2) is 21.3 Å². The number of anilines is 1. The normalized spacial score (nSPS) is 21.8. The Morgan fingerprint density at radius 3 is 2.56 bits per heavy atom.